The molecule has 0 atom stereocenters. The van der Waals surface area contributed by atoms with E-state index in [1.807, 2.05) is 31.2 Å². The van der Waals surface area contributed by atoms with Gasteiger partial charge in [-0.05, 0) is 66.6 Å². The number of allylic oxidation sites excluding steroid dienone is 1. The number of carbonyl (C=O) groups excluding carboxylic acids is 1. The highest BCUT2D eigenvalue weighted by atomic mass is 79.9. The van der Waals surface area contributed by atoms with Gasteiger partial charge in [-0.15, -0.1) is 0 Å². The van der Waals surface area contributed by atoms with Gasteiger partial charge in [0.25, 0.3) is 5.91 Å². The van der Waals surface area contributed by atoms with Gasteiger partial charge in [-0.3, -0.25) is 4.79 Å². The Morgan fingerprint density at radius 2 is 1.79 bits per heavy atom. The Balaban J connectivity index is 1.73. The molecule has 0 saturated carbocycles. The van der Waals surface area contributed by atoms with E-state index in [0.717, 1.165) is 15.6 Å². The van der Waals surface area contributed by atoms with Crippen LogP contribution < -0.4 is 14.8 Å². The van der Waals surface area contributed by atoms with Gasteiger partial charge in [-0.1, -0.05) is 57.3 Å². The molecule has 3 aromatic rings. The monoisotopic (exact) mass is 544 g/mol. The molecule has 0 aliphatic heterocycles. The second kappa shape index (κ2) is 11.8. The summed E-state index contributed by atoms with van der Waals surface area (Å²) in [4.78, 5) is 12.3. The first-order valence-corrected chi connectivity index (χ1v) is 11.5. The van der Waals surface area contributed by atoms with Crippen molar-refractivity contribution in [1.29, 1.82) is 5.26 Å². The number of benzene rings is 3. The van der Waals surface area contributed by atoms with Crippen molar-refractivity contribution in [2.75, 3.05) is 18.5 Å². The molecule has 0 spiro atoms. The minimum atomic E-state index is -0.359. The van der Waals surface area contributed by atoms with E-state index in [-0.39, 0.29) is 12.5 Å². The first-order valence-electron chi connectivity index (χ1n) is 9.92. The molecule has 0 radical (unpaired) electrons. The number of hydrogen-bond acceptors (Lipinski definition) is 4. The molecule has 0 fully saturated rings. The topological polar surface area (TPSA) is 71.3 Å². The summed E-state index contributed by atoms with van der Waals surface area (Å²) in [7, 11) is 0. The van der Waals surface area contributed by atoms with Gasteiger partial charge >= 0.3 is 0 Å². The van der Waals surface area contributed by atoms with Crippen LogP contribution in [0.2, 0.25) is 10.0 Å². The molecular weight excluding hydrogens is 527 g/mol. The fourth-order valence-electron chi connectivity index (χ4n) is 2.89. The Bertz CT molecular complexity index is 1220. The summed E-state index contributed by atoms with van der Waals surface area (Å²) >= 11 is 15.3. The van der Waals surface area contributed by atoms with Crippen LogP contribution in [0.15, 0.2) is 65.1 Å². The number of rotatable bonds is 8. The number of halogens is 3. The Morgan fingerprint density at radius 1 is 1.03 bits per heavy atom. The molecule has 0 aromatic heterocycles. The van der Waals surface area contributed by atoms with Crippen LogP contribution in [0.3, 0.4) is 0 Å². The molecule has 5 nitrogen and oxygen atoms in total. The summed E-state index contributed by atoms with van der Waals surface area (Å²) in [5, 5.41) is 13.0. The molecule has 1 N–H and O–H groups in total. The predicted octanol–water partition coefficient (Wildman–Crippen LogP) is 7.24. The fourth-order valence-corrected chi connectivity index (χ4v) is 3.45. The van der Waals surface area contributed by atoms with E-state index < -0.39 is 0 Å². The van der Waals surface area contributed by atoms with Crippen molar-refractivity contribution in [3.63, 3.8) is 0 Å². The first kappa shape index (κ1) is 24.7. The van der Waals surface area contributed by atoms with Crippen molar-refractivity contribution >= 4 is 62.4 Å². The maximum Gasteiger partial charge on any atom is 0.262 e. The number of amides is 1. The van der Waals surface area contributed by atoms with E-state index in [0.29, 0.717) is 39.4 Å². The van der Waals surface area contributed by atoms with Gasteiger partial charge in [0.1, 0.15) is 0 Å². The Morgan fingerprint density at radius 3 is 2.45 bits per heavy atom. The van der Waals surface area contributed by atoms with Crippen molar-refractivity contribution in [3.8, 4) is 17.6 Å². The molecular formula is C25H19BrCl2N2O3. The lowest BCUT2D eigenvalue weighted by Crippen LogP contribution is -2.20. The molecule has 8 heteroatoms. The van der Waals surface area contributed by atoms with Crippen molar-refractivity contribution in [2.45, 2.75) is 6.92 Å². The van der Waals surface area contributed by atoms with Gasteiger partial charge < -0.3 is 14.8 Å². The third kappa shape index (κ3) is 7.00. The van der Waals surface area contributed by atoms with Gasteiger partial charge in [0.2, 0.25) is 0 Å². The molecule has 168 valence electrons. The van der Waals surface area contributed by atoms with E-state index in [9.17, 15) is 10.1 Å². The van der Waals surface area contributed by atoms with E-state index in [4.69, 9.17) is 32.7 Å². The normalized spacial score (nSPS) is 10.9. The molecule has 0 heterocycles. The first-order chi connectivity index (χ1) is 15.9. The summed E-state index contributed by atoms with van der Waals surface area (Å²) in [6, 6.07) is 19.8. The van der Waals surface area contributed by atoms with Gasteiger partial charge in [-0.2, -0.15) is 5.26 Å². The van der Waals surface area contributed by atoms with Crippen LogP contribution in [0, 0.1) is 11.3 Å². The van der Waals surface area contributed by atoms with Crippen molar-refractivity contribution in [3.05, 3.63) is 86.3 Å². The third-order valence-electron chi connectivity index (χ3n) is 4.42. The molecule has 0 bridgehead atoms. The molecule has 0 unspecified atom stereocenters. The Labute approximate surface area is 210 Å². The van der Waals surface area contributed by atoms with Crippen molar-refractivity contribution in [2.24, 2.45) is 0 Å². The average molecular weight is 546 g/mol. The van der Waals surface area contributed by atoms with Gasteiger partial charge in [0.05, 0.1) is 28.3 Å². The summed E-state index contributed by atoms with van der Waals surface area (Å²) < 4.78 is 12.3. The number of nitriles is 1. The summed E-state index contributed by atoms with van der Waals surface area (Å²) in [6.07, 6.45) is 1.77. The van der Waals surface area contributed by atoms with Gasteiger partial charge in [-0.25, -0.2) is 0 Å². The van der Waals surface area contributed by atoms with Crippen LogP contribution >= 0.6 is 39.1 Å². The quantitative estimate of drug-likeness (QED) is 0.239. The maximum absolute atomic E-state index is 12.3. The van der Waals surface area contributed by atoms with E-state index in [2.05, 4.69) is 27.3 Å². The molecule has 0 saturated heterocycles. The van der Waals surface area contributed by atoms with Crippen molar-refractivity contribution in [1.82, 2.24) is 0 Å². The minimum Gasteiger partial charge on any atom is -0.490 e. The van der Waals surface area contributed by atoms with Gasteiger partial charge in [0.15, 0.2) is 18.1 Å². The minimum absolute atomic E-state index is 0.224. The van der Waals surface area contributed by atoms with E-state index in [1.165, 1.54) is 0 Å². The second-order valence-electron chi connectivity index (χ2n) is 6.78. The van der Waals surface area contributed by atoms with Crippen LogP contribution in [0.4, 0.5) is 5.69 Å². The zero-order chi connectivity index (χ0) is 23.8. The molecule has 1 amide bonds. The predicted molar refractivity (Wildman–Crippen MR) is 136 cm³/mol. The Hall–Kier alpha value is -2.98. The highest BCUT2D eigenvalue weighted by Crippen LogP contribution is 2.31. The zero-order valence-corrected chi connectivity index (χ0v) is 20.7. The van der Waals surface area contributed by atoms with Crippen LogP contribution in [0.5, 0.6) is 11.5 Å². The van der Waals surface area contributed by atoms with E-state index in [1.54, 1.807) is 42.5 Å². The molecule has 0 aliphatic carbocycles. The number of anilines is 1. The van der Waals surface area contributed by atoms with Crippen LogP contribution in [-0.2, 0) is 4.79 Å². The fraction of sp³-hybridized carbons (Fsp3) is 0.120. The highest BCUT2D eigenvalue weighted by molar-refractivity contribution is 9.10. The lowest BCUT2D eigenvalue weighted by Gasteiger charge is -2.13. The molecule has 33 heavy (non-hydrogen) atoms. The highest BCUT2D eigenvalue weighted by Gasteiger charge is 2.11. The number of ether oxygens (including phenoxy) is 2. The number of hydrogen-bond donors (Lipinski definition) is 1. The van der Waals surface area contributed by atoms with Gasteiger partial charge in [0, 0.05) is 10.2 Å². The largest absolute Gasteiger partial charge is 0.490 e. The van der Waals surface area contributed by atoms with E-state index >= 15 is 0 Å². The molecule has 0 aliphatic rings. The smallest absolute Gasteiger partial charge is 0.262 e. The average Bonchev–Trinajstić information content (AvgIpc) is 2.80. The van der Waals surface area contributed by atoms with Crippen LogP contribution in [0.25, 0.3) is 11.6 Å². The summed E-state index contributed by atoms with van der Waals surface area (Å²) in [5.74, 6) is 0.531. The van der Waals surface area contributed by atoms with Crippen LogP contribution in [0.1, 0.15) is 18.1 Å². The number of nitrogens with one attached hydrogen (secondary N) is 1. The summed E-state index contributed by atoms with van der Waals surface area (Å²) in [6.45, 7) is 2.04. The standard InChI is InChI=1S/C25H19BrCl2N2O3/c1-2-32-24-12-16(11-18(14-29)17-4-6-19(26)7-5-17)3-10-23(24)33-15-25(31)30-20-8-9-21(27)22(28)13-20/h3-13H,2,15H2,1H3,(H,30,31)/b18-11+. The molecule has 3 aromatic carbocycles. The molecule has 3 rings (SSSR count). The lowest BCUT2D eigenvalue weighted by atomic mass is 10.0. The Kier molecular flexibility index (Phi) is 8.79. The maximum atomic E-state index is 12.3. The van der Waals surface area contributed by atoms with Crippen LogP contribution in [-0.4, -0.2) is 19.1 Å². The second-order valence-corrected chi connectivity index (χ2v) is 8.51. The summed E-state index contributed by atoms with van der Waals surface area (Å²) in [5.41, 5.74) is 2.60. The lowest BCUT2D eigenvalue weighted by molar-refractivity contribution is -0.118. The number of carbonyl (C=O) groups is 1. The third-order valence-corrected chi connectivity index (χ3v) is 5.68. The number of nitrogens with zero attached hydrogens (tertiary/aromatic N) is 1. The zero-order valence-electron chi connectivity index (χ0n) is 17.6. The van der Waals surface area contributed by atoms with Crippen molar-refractivity contribution < 1.29 is 14.3 Å². The SMILES string of the molecule is CCOc1cc(/C=C(\C#N)c2ccc(Br)cc2)ccc1OCC(=O)Nc1ccc(Cl)c(Cl)c1.